The van der Waals surface area contributed by atoms with Gasteiger partial charge in [-0.15, -0.1) is 0 Å². The third-order valence-corrected chi connectivity index (χ3v) is 3.80. The Labute approximate surface area is 141 Å². The zero-order valence-corrected chi connectivity index (χ0v) is 13.7. The highest BCUT2D eigenvalue weighted by Crippen LogP contribution is 2.17. The van der Waals surface area contributed by atoms with E-state index in [0.717, 1.165) is 24.6 Å². The molecule has 1 aliphatic heterocycles. The number of benzene rings is 1. The van der Waals surface area contributed by atoms with Gasteiger partial charge < -0.3 is 19.9 Å². The van der Waals surface area contributed by atoms with E-state index in [1.54, 1.807) is 11.1 Å². The molecule has 2 aromatic rings. The van der Waals surface area contributed by atoms with E-state index in [9.17, 15) is 4.79 Å². The average molecular weight is 327 g/mol. The topological polar surface area (TPSA) is 70.6 Å². The van der Waals surface area contributed by atoms with Crippen LogP contribution in [0.5, 0.6) is 0 Å². The summed E-state index contributed by atoms with van der Waals surface area (Å²) in [6, 6.07) is 11.7. The number of nitrogens with zero attached hydrogens (tertiary/aromatic N) is 4. The number of ether oxygens (including phenoxy) is 1. The van der Waals surface area contributed by atoms with E-state index >= 15 is 0 Å². The zero-order valence-electron chi connectivity index (χ0n) is 13.7. The summed E-state index contributed by atoms with van der Waals surface area (Å²) in [6.07, 6.45) is 1.50. The molecule has 7 heteroatoms. The molecular weight excluding hydrogens is 306 g/mol. The minimum atomic E-state index is -0.244. The number of para-hydroxylation sites is 1. The lowest BCUT2D eigenvalue weighted by molar-refractivity contribution is 0.105. The van der Waals surface area contributed by atoms with E-state index in [-0.39, 0.29) is 6.09 Å². The molecule has 7 nitrogen and oxygen atoms in total. The van der Waals surface area contributed by atoms with Crippen LogP contribution in [-0.2, 0) is 4.74 Å². The van der Waals surface area contributed by atoms with Crippen molar-refractivity contribution in [3.05, 3.63) is 42.6 Å². The fourth-order valence-electron chi connectivity index (χ4n) is 2.57. The van der Waals surface area contributed by atoms with Gasteiger partial charge in [0.05, 0.1) is 6.61 Å². The average Bonchev–Trinajstić information content (AvgIpc) is 2.63. The van der Waals surface area contributed by atoms with Gasteiger partial charge in [0.15, 0.2) is 0 Å². The second kappa shape index (κ2) is 7.63. The first-order chi connectivity index (χ1) is 11.8. The fraction of sp³-hybridized carbons (Fsp3) is 0.353. The first-order valence-electron chi connectivity index (χ1n) is 8.08. The summed E-state index contributed by atoms with van der Waals surface area (Å²) in [6.45, 7) is 4.92. The number of aromatic nitrogens is 2. The molecule has 0 spiro atoms. The number of hydrogen-bond acceptors (Lipinski definition) is 6. The summed E-state index contributed by atoms with van der Waals surface area (Å²) < 4.78 is 5.04. The Bertz CT molecular complexity index is 672. The molecule has 126 valence electrons. The molecule has 1 amide bonds. The first-order valence-corrected chi connectivity index (χ1v) is 8.08. The number of carbonyl (C=O) groups excluding carboxylic acids is 1. The molecule has 0 saturated carbocycles. The molecule has 1 N–H and O–H groups in total. The van der Waals surface area contributed by atoms with Gasteiger partial charge in [-0.3, -0.25) is 0 Å². The van der Waals surface area contributed by atoms with E-state index in [0.29, 0.717) is 25.6 Å². The van der Waals surface area contributed by atoms with Crippen molar-refractivity contribution in [2.75, 3.05) is 43.0 Å². The van der Waals surface area contributed by atoms with Crippen LogP contribution in [0.2, 0.25) is 0 Å². The number of hydrogen-bond donors (Lipinski definition) is 1. The number of piperazine rings is 1. The number of nitrogens with one attached hydrogen (secondary N) is 1. The second-order valence-electron chi connectivity index (χ2n) is 5.40. The maximum atomic E-state index is 11.7. The van der Waals surface area contributed by atoms with Gasteiger partial charge in [0.25, 0.3) is 0 Å². The van der Waals surface area contributed by atoms with Gasteiger partial charge in [0, 0.05) is 38.1 Å². The van der Waals surface area contributed by atoms with Crippen LogP contribution in [0.25, 0.3) is 0 Å². The quantitative estimate of drug-likeness (QED) is 0.930. The highest BCUT2D eigenvalue weighted by Gasteiger charge is 2.22. The molecule has 24 heavy (non-hydrogen) atoms. The van der Waals surface area contributed by atoms with E-state index in [2.05, 4.69) is 20.2 Å². The van der Waals surface area contributed by atoms with Crippen molar-refractivity contribution in [2.45, 2.75) is 6.92 Å². The normalized spacial score (nSPS) is 14.4. The standard InChI is InChI=1S/C17H21N5O2/c1-2-24-17(23)22-12-10-21(11-13-22)15-8-9-18-16(20-15)19-14-6-4-3-5-7-14/h3-9H,2,10-13H2,1H3,(H,18,19,20). The predicted octanol–water partition coefficient (Wildman–Crippen LogP) is 2.50. The highest BCUT2D eigenvalue weighted by molar-refractivity contribution is 5.68. The van der Waals surface area contributed by atoms with Gasteiger partial charge in [0.2, 0.25) is 5.95 Å². The van der Waals surface area contributed by atoms with Crippen LogP contribution in [0.15, 0.2) is 42.6 Å². The largest absolute Gasteiger partial charge is 0.450 e. The SMILES string of the molecule is CCOC(=O)N1CCN(c2ccnc(Nc3ccccc3)n2)CC1. The molecule has 1 aromatic carbocycles. The summed E-state index contributed by atoms with van der Waals surface area (Å²) in [5, 5.41) is 3.19. The van der Waals surface area contributed by atoms with Gasteiger partial charge in [-0.05, 0) is 25.1 Å². The summed E-state index contributed by atoms with van der Waals surface area (Å²) >= 11 is 0. The second-order valence-corrected chi connectivity index (χ2v) is 5.40. The number of amides is 1. The number of anilines is 3. The van der Waals surface area contributed by atoms with E-state index in [1.807, 2.05) is 43.3 Å². The van der Waals surface area contributed by atoms with Crippen molar-refractivity contribution in [3.63, 3.8) is 0 Å². The molecule has 0 aliphatic carbocycles. The third kappa shape index (κ3) is 3.92. The molecule has 3 rings (SSSR count). The molecule has 1 aliphatic rings. The molecule has 1 aromatic heterocycles. The Hall–Kier alpha value is -2.83. The van der Waals surface area contributed by atoms with Gasteiger partial charge in [-0.2, -0.15) is 4.98 Å². The van der Waals surface area contributed by atoms with Crippen LogP contribution in [0.1, 0.15) is 6.92 Å². The Kier molecular flexibility index (Phi) is 5.10. The van der Waals surface area contributed by atoms with Crippen molar-refractivity contribution < 1.29 is 9.53 Å². The summed E-state index contributed by atoms with van der Waals surface area (Å²) in [5.74, 6) is 1.42. The Morgan fingerprint density at radius 2 is 1.92 bits per heavy atom. The first kappa shape index (κ1) is 16.0. The number of rotatable bonds is 4. The van der Waals surface area contributed by atoms with Crippen LogP contribution < -0.4 is 10.2 Å². The van der Waals surface area contributed by atoms with Gasteiger partial charge in [-0.1, -0.05) is 18.2 Å². The highest BCUT2D eigenvalue weighted by atomic mass is 16.6. The minimum absolute atomic E-state index is 0.244. The molecular formula is C17H21N5O2. The van der Waals surface area contributed by atoms with Gasteiger partial charge >= 0.3 is 6.09 Å². The van der Waals surface area contributed by atoms with Crippen LogP contribution in [0, 0.1) is 0 Å². The molecule has 2 heterocycles. The lowest BCUT2D eigenvalue weighted by atomic mass is 10.3. The molecule has 1 saturated heterocycles. The van der Waals surface area contributed by atoms with Crippen molar-refractivity contribution >= 4 is 23.5 Å². The predicted molar refractivity (Wildman–Crippen MR) is 92.6 cm³/mol. The van der Waals surface area contributed by atoms with Crippen molar-refractivity contribution in [2.24, 2.45) is 0 Å². The van der Waals surface area contributed by atoms with E-state index in [1.165, 1.54) is 0 Å². The Morgan fingerprint density at radius 3 is 2.62 bits per heavy atom. The molecule has 0 atom stereocenters. The summed E-state index contributed by atoms with van der Waals surface area (Å²) in [5.41, 5.74) is 0.946. The monoisotopic (exact) mass is 327 g/mol. The lowest BCUT2D eigenvalue weighted by Crippen LogP contribution is -2.49. The van der Waals surface area contributed by atoms with Crippen molar-refractivity contribution in [1.82, 2.24) is 14.9 Å². The maximum absolute atomic E-state index is 11.7. The lowest BCUT2D eigenvalue weighted by Gasteiger charge is -2.34. The maximum Gasteiger partial charge on any atom is 0.409 e. The van der Waals surface area contributed by atoms with E-state index < -0.39 is 0 Å². The fourth-order valence-corrected chi connectivity index (χ4v) is 2.57. The molecule has 0 radical (unpaired) electrons. The molecule has 1 fully saturated rings. The van der Waals surface area contributed by atoms with Gasteiger partial charge in [-0.25, -0.2) is 9.78 Å². The third-order valence-electron chi connectivity index (χ3n) is 3.80. The van der Waals surface area contributed by atoms with Gasteiger partial charge in [0.1, 0.15) is 5.82 Å². The Balaban J connectivity index is 1.62. The molecule has 0 bridgehead atoms. The van der Waals surface area contributed by atoms with Crippen LogP contribution in [0.3, 0.4) is 0 Å². The zero-order chi connectivity index (χ0) is 16.8. The number of carbonyl (C=O) groups is 1. The van der Waals surface area contributed by atoms with Crippen molar-refractivity contribution in [1.29, 1.82) is 0 Å². The van der Waals surface area contributed by atoms with Crippen LogP contribution in [0.4, 0.5) is 22.2 Å². The van der Waals surface area contributed by atoms with Crippen LogP contribution >= 0.6 is 0 Å². The minimum Gasteiger partial charge on any atom is -0.450 e. The Morgan fingerprint density at radius 1 is 1.17 bits per heavy atom. The van der Waals surface area contributed by atoms with Crippen molar-refractivity contribution in [3.8, 4) is 0 Å². The summed E-state index contributed by atoms with van der Waals surface area (Å²) in [7, 11) is 0. The van der Waals surface area contributed by atoms with E-state index in [4.69, 9.17) is 4.74 Å². The summed E-state index contributed by atoms with van der Waals surface area (Å²) in [4.78, 5) is 24.5. The van der Waals surface area contributed by atoms with Crippen LogP contribution in [-0.4, -0.2) is 53.7 Å². The smallest absolute Gasteiger partial charge is 0.409 e. The molecule has 0 unspecified atom stereocenters.